The van der Waals surface area contributed by atoms with Crippen LogP contribution in [0.3, 0.4) is 0 Å². The van der Waals surface area contributed by atoms with Gasteiger partial charge in [-0.25, -0.2) is 0 Å². The lowest BCUT2D eigenvalue weighted by Crippen LogP contribution is -2.54. The number of hydrogen-bond donors (Lipinski definition) is 2. The Balaban J connectivity index is 1.47. The highest BCUT2D eigenvalue weighted by Gasteiger charge is 2.77. The Morgan fingerprint density at radius 3 is 2.80 bits per heavy atom. The van der Waals surface area contributed by atoms with Crippen LogP contribution in [0.2, 0.25) is 0 Å². The molecule has 0 unspecified atom stereocenters. The summed E-state index contributed by atoms with van der Waals surface area (Å²) >= 11 is 0. The summed E-state index contributed by atoms with van der Waals surface area (Å²) in [7, 11) is -4.15. The van der Waals surface area contributed by atoms with Crippen LogP contribution < -0.4 is 4.72 Å². The lowest BCUT2D eigenvalue weighted by atomic mass is 9.49. The van der Waals surface area contributed by atoms with Gasteiger partial charge in [0.25, 0.3) is 0 Å². The first-order valence-electron chi connectivity index (χ1n) is 9.73. The molecule has 5 rings (SSSR count). The molecule has 25 heavy (non-hydrogen) atoms. The summed E-state index contributed by atoms with van der Waals surface area (Å²) in [4.78, 5) is 11.8. The van der Waals surface area contributed by atoms with Gasteiger partial charge in [-0.05, 0) is 85.5 Å². The third kappa shape index (κ3) is 2.13. The molecular formula is C19H27NO4S. The fourth-order valence-corrected chi connectivity index (χ4v) is 8.51. The van der Waals surface area contributed by atoms with Gasteiger partial charge in [0.15, 0.2) is 5.78 Å². The number of fused-ring (bicyclic) bond motifs is 3. The molecule has 0 heterocycles. The third-order valence-corrected chi connectivity index (χ3v) is 9.34. The summed E-state index contributed by atoms with van der Waals surface area (Å²) in [6.07, 6.45) is 10.0. The van der Waals surface area contributed by atoms with E-state index in [1.54, 1.807) is 0 Å². The van der Waals surface area contributed by atoms with Crippen LogP contribution >= 0.6 is 0 Å². The normalized spacial score (nSPS) is 51.0. The van der Waals surface area contributed by atoms with Crippen molar-refractivity contribution in [3.8, 4) is 0 Å². The maximum Gasteiger partial charge on any atom is 0.333 e. The number of rotatable bonds is 2. The summed E-state index contributed by atoms with van der Waals surface area (Å²) in [5.74, 6) is 2.78. The molecule has 6 heteroatoms. The lowest BCUT2D eigenvalue weighted by molar-refractivity contribution is -0.116. The third-order valence-electron chi connectivity index (χ3n) is 8.76. The lowest BCUT2D eigenvalue weighted by Gasteiger charge is -2.56. The molecule has 0 aliphatic heterocycles. The first-order valence-corrected chi connectivity index (χ1v) is 11.2. The second-order valence-corrected chi connectivity index (χ2v) is 10.6. The van der Waals surface area contributed by atoms with Crippen LogP contribution in [0.25, 0.3) is 0 Å². The molecular weight excluding hydrogens is 338 g/mol. The van der Waals surface area contributed by atoms with E-state index >= 15 is 0 Å². The van der Waals surface area contributed by atoms with Crippen molar-refractivity contribution in [2.24, 2.45) is 34.5 Å². The molecule has 0 radical (unpaired) electrons. The number of hydrogen-bond acceptors (Lipinski definition) is 3. The van der Waals surface area contributed by atoms with Crippen molar-refractivity contribution < 1.29 is 17.8 Å². The van der Waals surface area contributed by atoms with Crippen LogP contribution in [-0.4, -0.2) is 24.8 Å². The van der Waals surface area contributed by atoms with Crippen molar-refractivity contribution in [3.63, 3.8) is 0 Å². The van der Waals surface area contributed by atoms with Crippen molar-refractivity contribution in [1.29, 1.82) is 0 Å². The van der Waals surface area contributed by atoms with E-state index in [-0.39, 0.29) is 16.9 Å². The second-order valence-electron chi connectivity index (χ2n) is 9.42. The maximum absolute atomic E-state index is 11.8. The molecule has 5 aliphatic carbocycles. The average molecular weight is 365 g/mol. The molecule has 0 saturated heterocycles. The van der Waals surface area contributed by atoms with E-state index in [0.29, 0.717) is 35.9 Å². The summed E-state index contributed by atoms with van der Waals surface area (Å²) in [6.45, 7) is 2.26. The fourth-order valence-electron chi connectivity index (χ4n) is 7.79. The molecule has 7 atom stereocenters. The zero-order valence-electron chi connectivity index (χ0n) is 14.7. The van der Waals surface area contributed by atoms with E-state index in [4.69, 9.17) is 0 Å². The Kier molecular flexibility index (Phi) is 3.26. The molecule has 0 amide bonds. The molecule has 5 nitrogen and oxygen atoms in total. The Hall–Kier alpha value is -0.720. The fraction of sp³-hybridized carbons (Fsp3) is 0.842. The molecule has 0 bridgehead atoms. The van der Waals surface area contributed by atoms with Crippen molar-refractivity contribution >= 4 is 16.1 Å². The molecule has 138 valence electrons. The van der Waals surface area contributed by atoms with Gasteiger partial charge in [-0.3, -0.25) is 9.35 Å². The molecule has 5 aliphatic rings. The predicted molar refractivity (Wildman–Crippen MR) is 93.0 cm³/mol. The van der Waals surface area contributed by atoms with E-state index < -0.39 is 10.3 Å². The molecule has 0 aromatic rings. The minimum absolute atomic E-state index is 0.0413. The molecule has 4 fully saturated rings. The first-order chi connectivity index (χ1) is 11.7. The Morgan fingerprint density at radius 2 is 2.04 bits per heavy atom. The highest BCUT2D eigenvalue weighted by molar-refractivity contribution is 7.83. The van der Waals surface area contributed by atoms with Gasteiger partial charge in [-0.2, -0.15) is 13.1 Å². The highest BCUT2D eigenvalue weighted by atomic mass is 32.2. The van der Waals surface area contributed by atoms with Crippen molar-refractivity contribution in [1.82, 2.24) is 4.72 Å². The topological polar surface area (TPSA) is 83.5 Å². The van der Waals surface area contributed by atoms with Gasteiger partial charge < -0.3 is 0 Å². The van der Waals surface area contributed by atoms with Crippen LogP contribution in [0.1, 0.15) is 58.3 Å². The zero-order chi connectivity index (χ0) is 17.6. The van der Waals surface area contributed by atoms with Crippen LogP contribution in [0.5, 0.6) is 0 Å². The van der Waals surface area contributed by atoms with Crippen molar-refractivity contribution in [2.75, 3.05) is 0 Å². The highest BCUT2D eigenvalue weighted by Crippen LogP contribution is 2.81. The molecule has 0 aromatic carbocycles. The van der Waals surface area contributed by atoms with Crippen LogP contribution in [0.4, 0.5) is 0 Å². The van der Waals surface area contributed by atoms with Gasteiger partial charge in [0, 0.05) is 12.5 Å². The second kappa shape index (κ2) is 4.96. The van der Waals surface area contributed by atoms with E-state index in [0.717, 1.165) is 38.5 Å². The zero-order valence-corrected chi connectivity index (χ0v) is 15.5. The smallest absolute Gasteiger partial charge is 0.295 e. The Labute approximate surface area is 149 Å². The van der Waals surface area contributed by atoms with Crippen LogP contribution in [0.15, 0.2) is 11.6 Å². The molecule has 4 saturated carbocycles. The number of nitrogens with one attached hydrogen (secondary N) is 1. The first kappa shape index (κ1) is 16.5. The summed E-state index contributed by atoms with van der Waals surface area (Å²) in [5, 5.41) is 0. The number of carbonyl (C=O) groups is 1. The van der Waals surface area contributed by atoms with Crippen LogP contribution in [-0.2, 0) is 15.1 Å². The average Bonchev–Trinajstić information content (AvgIpc) is 3.18. The number of carbonyl (C=O) groups excluding carboxylic acids is 1. The van der Waals surface area contributed by atoms with Gasteiger partial charge in [0.05, 0.1) is 0 Å². The minimum atomic E-state index is -4.15. The Morgan fingerprint density at radius 1 is 1.24 bits per heavy atom. The Bertz CT molecular complexity index is 774. The quantitative estimate of drug-likeness (QED) is 0.737. The van der Waals surface area contributed by atoms with E-state index in [9.17, 15) is 17.8 Å². The SMILES string of the molecule is C[C@]12CC[C@H]3[C@@H](CCC4=CC(=O)CC[C@@H]43)[C@@]13C[C@H]3C[C@@H]2NS(=O)(=O)O. The predicted octanol–water partition coefficient (Wildman–Crippen LogP) is 2.89. The largest absolute Gasteiger partial charge is 0.333 e. The number of ketones is 1. The molecule has 2 N–H and O–H groups in total. The monoisotopic (exact) mass is 365 g/mol. The summed E-state index contributed by atoms with van der Waals surface area (Å²) in [6, 6.07) is -0.132. The van der Waals surface area contributed by atoms with Crippen molar-refractivity contribution in [2.45, 2.75) is 64.3 Å². The standard InChI is InChI=1S/C19H27NO4S/c1-18-7-6-15-14-4-3-13(21)8-11(14)2-5-16(15)19(18)10-12(19)9-17(18)20-25(22,23)24/h8,12,14-17,20H,2-7,9-10H2,1H3,(H,22,23,24)/t12-,14+,15-,16-,17+,18-,19+/m1/s1. The van der Waals surface area contributed by atoms with Gasteiger partial charge in [0.1, 0.15) is 0 Å². The van der Waals surface area contributed by atoms with Crippen LogP contribution in [0, 0.1) is 34.5 Å². The summed E-state index contributed by atoms with van der Waals surface area (Å²) in [5.41, 5.74) is 1.60. The van der Waals surface area contributed by atoms with Gasteiger partial charge >= 0.3 is 10.3 Å². The van der Waals surface area contributed by atoms with E-state index in [1.165, 1.54) is 12.0 Å². The van der Waals surface area contributed by atoms with Gasteiger partial charge in [-0.1, -0.05) is 12.5 Å². The maximum atomic E-state index is 11.8. The minimum Gasteiger partial charge on any atom is -0.295 e. The number of allylic oxidation sites excluding steroid dienone is 1. The van der Waals surface area contributed by atoms with Gasteiger partial charge in [0.2, 0.25) is 0 Å². The summed E-state index contributed by atoms with van der Waals surface area (Å²) < 4.78 is 34.7. The molecule has 1 spiro atoms. The van der Waals surface area contributed by atoms with Crippen molar-refractivity contribution in [3.05, 3.63) is 11.6 Å². The molecule has 0 aromatic heterocycles. The van der Waals surface area contributed by atoms with E-state index in [1.807, 2.05) is 6.08 Å². The van der Waals surface area contributed by atoms with Gasteiger partial charge in [-0.15, -0.1) is 0 Å². The van der Waals surface area contributed by atoms with E-state index in [2.05, 4.69) is 11.6 Å².